The van der Waals surface area contributed by atoms with E-state index in [1.807, 2.05) is 6.07 Å². The summed E-state index contributed by atoms with van der Waals surface area (Å²) in [7, 11) is 4.61. The van der Waals surface area contributed by atoms with Crippen molar-refractivity contribution in [3.63, 3.8) is 0 Å². The van der Waals surface area contributed by atoms with Crippen LogP contribution in [0, 0.1) is 0 Å². The number of carbonyl (C=O) groups excluding carboxylic acids is 1. The van der Waals surface area contributed by atoms with Crippen molar-refractivity contribution in [3.8, 4) is 23.0 Å². The molecule has 0 saturated heterocycles. The number of halogens is 2. The number of esters is 1. The van der Waals surface area contributed by atoms with Gasteiger partial charge in [0.15, 0.2) is 16.3 Å². The highest BCUT2D eigenvalue weighted by atomic mass is 35.5. The topological polar surface area (TPSA) is 97.6 Å². The fraction of sp³-hybridized carbons (Fsp3) is 0.242. The summed E-state index contributed by atoms with van der Waals surface area (Å²) in [6, 6.07) is 14.9. The van der Waals surface area contributed by atoms with Crippen LogP contribution >= 0.6 is 34.5 Å². The highest BCUT2D eigenvalue weighted by Crippen LogP contribution is 2.38. The first-order valence-corrected chi connectivity index (χ1v) is 15.4. The van der Waals surface area contributed by atoms with Gasteiger partial charge >= 0.3 is 5.97 Å². The molecule has 234 valence electrons. The Labute approximate surface area is 273 Å². The maximum atomic E-state index is 14.1. The summed E-state index contributed by atoms with van der Waals surface area (Å²) in [4.78, 5) is 32.4. The van der Waals surface area contributed by atoms with Crippen molar-refractivity contribution in [2.75, 3.05) is 27.9 Å². The number of rotatable bonds is 10. The van der Waals surface area contributed by atoms with Gasteiger partial charge in [-0.25, -0.2) is 9.79 Å². The minimum absolute atomic E-state index is 0.163. The Bertz CT molecular complexity index is 1980. The van der Waals surface area contributed by atoms with Crippen LogP contribution < -0.4 is 33.8 Å². The lowest BCUT2D eigenvalue weighted by Crippen LogP contribution is -2.40. The van der Waals surface area contributed by atoms with E-state index in [1.54, 1.807) is 75.6 Å². The molecule has 4 aromatic rings. The Kier molecular flexibility index (Phi) is 9.86. The molecule has 0 N–H and O–H groups in total. The van der Waals surface area contributed by atoms with Gasteiger partial charge in [-0.05, 0) is 68.0 Å². The molecule has 5 rings (SSSR count). The molecular weight excluding hydrogens is 639 g/mol. The van der Waals surface area contributed by atoms with Crippen molar-refractivity contribution >= 4 is 46.6 Å². The lowest BCUT2D eigenvalue weighted by Gasteiger charge is -2.26. The smallest absolute Gasteiger partial charge is 0.338 e. The summed E-state index contributed by atoms with van der Waals surface area (Å²) in [6.07, 6.45) is 1.75. The van der Waals surface area contributed by atoms with Gasteiger partial charge in [-0.2, -0.15) is 0 Å². The highest BCUT2D eigenvalue weighted by Gasteiger charge is 2.35. The van der Waals surface area contributed by atoms with Crippen LogP contribution in [0.2, 0.25) is 10.0 Å². The summed E-state index contributed by atoms with van der Waals surface area (Å²) in [6.45, 7) is 3.82. The van der Waals surface area contributed by atoms with Gasteiger partial charge in [0.25, 0.3) is 5.56 Å². The number of aromatic nitrogens is 1. The number of carbonyl (C=O) groups is 1. The van der Waals surface area contributed by atoms with Crippen LogP contribution in [-0.4, -0.2) is 38.5 Å². The van der Waals surface area contributed by atoms with E-state index in [2.05, 4.69) is 4.99 Å². The van der Waals surface area contributed by atoms with Gasteiger partial charge in [-0.1, -0.05) is 46.7 Å². The van der Waals surface area contributed by atoms with Crippen molar-refractivity contribution in [1.29, 1.82) is 0 Å². The first kappa shape index (κ1) is 32.2. The molecule has 0 unspecified atom stereocenters. The largest absolute Gasteiger partial charge is 0.497 e. The number of benzene rings is 3. The van der Waals surface area contributed by atoms with Crippen molar-refractivity contribution in [2.24, 2.45) is 4.99 Å². The lowest BCUT2D eigenvalue weighted by molar-refractivity contribution is -0.139. The van der Waals surface area contributed by atoms with E-state index in [9.17, 15) is 9.59 Å². The molecule has 0 spiro atoms. The standard InChI is InChI=1S/C33H30Cl2N2O7S/c1-6-43-32(39)29-18(2)36-33-37(30(29)23-16-22(40-3)10-12-25(23)41-4)31(38)28(45-33)14-19-7-11-26(27(13-19)42-5)44-17-20-8-9-21(34)15-24(20)35/h7-16,30H,6,17H2,1-5H3/b28-14-/t30-/m1/s1. The molecule has 2 heterocycles. The minimum atomic E-state index is -0.863. The van der Waals surface area contributed by atoms with Crippen LogP contribution in [0.4, 0.5) is 0 Å². The summed E-state index contributed by atoms with van der Waals surface area (Å²) in [5.41, 5.74) is 2.38. The van der Waals surface area contributed by atoms with E-state index in [0.29, 0.717) is 59.2 Å². The zero-order valence-electron chi connectivity index (χ0n) is 25.2. The zero-order chi connectivity index (χ0) is 32.2. The third-order valence-electron chi connectivity index (χ3n) is 7.13. The zero-order valence-corrected chi connectivity index (χ0v) is 27.5. The van der Waals surface area contributed by atoms with Gasteiger partial charge in [0.2, 0.25) is 0 Å². The van der Waals surface area contributed by atoms with Crippen LogP contribution in [0.25, 0.3) is 6.08 Å². The quantitative estimate of drug-likeness (QED) is 0.200. The number of fused-ring (bicyclic) bond motifs is 1. The van der Waals surface area contributed by atoms with Gasteiger partial charge in [0, 0.05) is 21.2 Å². The number of allylic oxidation sites excluding steroid dienone is 1. The van der Waals surface area contributed by atoms with E-state index in [0.717, 1.165) is 5.56 Å². The summed E-state index contributed by atoms with van der Waals surface area (Å²) in [5, 5.41) is 1.04. The maximum absolute atomic E-state index is 14.1. The number of nitrogens with zero attached hydrogens (tertiary/aromatic N) is 2. The normalized spacial score (nSPS) is 14.5. The third-order valence-corrected chi connectivity index (χ3v) is 8.70. The minimum Gasteiger partial charge on any atom is -0.497 e. The van der Waals surface area contributed by atoms with Crippen molar-refractivity contribution in [2.45, 2.75) is 26.5 Å². The van der Waals surface area contributed by atoms with Crippen molar-refractivity contribution < 1.29 is 28.5 Å². The van der Waals surface area contributed by atoms with Crippen LogP contribution in [0.1, 0.15) is 36.6 Å². The molecule has 1 aromatic heterocycles. The third kappa shape index (κ3) is 6.58. The Morgan fingerprint density at radius 3 is 2.42 bits per heavy atom. The van der Waals surface area contributed by atoms with E-state index < -0.39 is 12.0 Å². The monoisotopic (exact) mass is 668 g/mol. The molecule has 1 atom stereocenters. The summed E-state index contributed by atoms with van der Waals surface area (Å²) >= 11 is 13.5. The van der Waals surface area contributed by atoms with E-state index in [1.165, 1.54) is 30.1 Å². The van der Waals surface area contributed by atoms with Crippen LogP contribution in [0.3, 0.4) is 0 Å². The Morgan fingerprint density at radius 2 is 1.73 bits per heavy atom. The lowest BCUT2D eigenvalue weighted by atomic mass is 9.94. The first-order chi connectivity index (χ1) is 21.7. The molecule has 0 radical (unpaired) electrons. The molecular formula is C33H30Cl2N2O7S. The molecule has 1 aliphatic heterocycles. The van der Waals surface area contributed by atoms with E-state index in [-0.39, 0.29) is 24.3 Å². The fourth-order valence-corrected chi connectivity index (χ4v) is 6.49. The van der Waals surface area contributed by atoms with Crippen LogP contribution in [-0.2, 0) is 16.1 Å². The van der Waals surface area contributed by atoms with E-state index in [4.69, 9.17) is 46.9 Å². The molecule has 9 nitrogen and oxygen atoms in total. The van der Waals surface area contributed by atoms with Gasteiger partial charge < -0.3 is 23.7 Å². The van der Waals surface area contributed by atoms with Crippen LogP contribution in [0.15, 0.2) is 75.7 Å². The molecule has 1 aliphatic rings. The number of hydrogen-bond donors (Lipinski definition) is 0. The fourth-order valence-electron chi connectivity index (χ4n) is 4.98. The molecule has 0 aliphatic carbocycles. The predicted octanol–water partition coefficient (Wildman–Crippen LogP) is 5.71. The number of ether oxygens (including phenoxy) is 5. The first-order valence-electron chi connectivity index (χ1n) is 13.8. The molecule has 0 amide bonds. The number of hydrogen-bond acceptors (Lipinski definition) is 9. The van der Waals surface area contributed by atoms with Crippen molar-refractivity contribution in [1.82, 2.24) is 4.57 Å². The molecule has 0 bridgehead atoms. The van der Waals surface area contributed by atoms with Gasteiger partial charge in [0.1, 0.15) is 24.1 Å². The molecule has 45 heavy (non-hydrogen) atoms. The van der Waals surface area contributed by atoms with Crippen molar-refractivity contribution in [3.05, 3.63) is 112 Å². The Hall–Kier alpha value is -4.25. The molecule has 0 fully saturated rings. The Balaban J connectivity index is 1.58. The maximum Gasteiger partial charge on any atom is 0.338 e. The Morgan fingerprint density at radius 1 is 0.978 bits per heavy atom. The number of methoxy groups -OCH3 is 3. The second kappa shape index (κ2) is 13.8. The number of thiazole rings is 1. The summed E-state index contributed by atoms with van der Waals surface area (Å²) in [5.74, 6) is 1.43. The van der Waals surface area contributed by atoms with Gasteiger partial charge in [-0.15, -0.1) is 0 Å². The second-order valence-corrected chi connectivity index (χ2v) is 11.7. The predicted molar refractivity (Wildman–Crippen MR) is 174 cm³/mol. The molecule has 3 aromatic carbocycles. The SMILES string of the molecule is CCOC(=O)C1=C(C)N=c2s/c(=C\c3ccc(OCc4ccc(Cl)cc4Cl)c(OC)c3)c(=O)n2[C@@H]1c1cc(OC)ccc1OC. The van der Waals surface area contributed by atoms with Gasteiger partial charge in [0.05, 0.1) is 43.7 Å². The molecule has 0 saturated carbocycles. The van der Waals surface area contributed by atoms with E-state index >= 15 is 0 Å². The second-order valence-electron chi connectivity index (χ2n) is 9.84. The average molecular weight is 670 g/mol. The van der Waals surface area contributed by atoms with Crippen LogP contribution in [0.5, 0.6) is 23.0 Å². The summed E-state index contributed by atoms with van der Waals surface area (Å²) < 4.78 is 30.0. The highest BCUT2D eigenvalue weighted by molar-refractivity contribution is 7.07. The van der Waals surface area contributed by atoms with Gasteiger partial charge in [-0.3, -0.25) is 9.36 Å². The molecule has 12 heteroatoms. The average Bonchev–Trinajstić information content (AvgIpc) is 3.33.